The molecular formula is C15H22N2O2. The second kappa shape index (κ2) is 5.37. The van der Waals surface area contributed by atoms with Gasteiger partial charge >= 0.3 is 0 Å². The van der Waals surface area contributed by atoms with E-state index in [1.807, 2.05) is 17.9 Å². The second-order valence-corrected chi connectivity index (χ2v) is 5.66. The van der Waals surface area contributed by atoms with E-state index in [-0.39, 0.29) is 18.0 Å². The van der Waals surface area contributed by atoms with E-state index in [1.165, 1.54) is 5.56 Å². The van der Waals surface area contributed by atoms with E-state index in [9.17, 15) is 4.79 Å². The molecule has 3 rings (SSSR count). The number of hydrogen-bond acceptors (Lipinski definition) is 3. The Kier molecular flexibility index (Phi) is 3.60. The van der Waals surface area contributed by atoms with Crippen molar-refractivity contribution >= 4 is 5.91 Å². The summed E-state index contributed by atoms with van der Waals surface area (Å²) in [7, 11) is 0. The highest BCUT2D eigenvalue weighted by atomic mass is 16.3. The number of rotatable bonds is 3. The van der Waals surface area contributed by atoms with Gasteiger partial charge in [-0.05, 0) is 38.7 Å². The van der Waals surface area contributed by atoms with Crippen LogP contribution in [0.2, 0.25) is 0 Å². The van der Waals surface area contributed by atoms with Crippen molar-refractivity contribution in [2.24, 2.45) is 0 Å². The number of nitrogens with one attached hydrogen (secondary N) is 1. The zero-order chi connectivity index (χ0) is 13.2. The fraction of sp³-hybridized carbons (Fsp3) is 0.667. The predicted molar refractivity (Wildman–Crippen MR) is 72.8 cm³/mol. The number of furan rings is 1. The van der Waals surface area contributed by atoms with E-state index in [0.29, 0.717) is 0 Å². The first-order valence-electron chi connectivity index (χ1n) is 7.37. The van der Waals surface area contributed by atoms with Gasteiger partial charge in [0.15, 0.2) is 0 Å². The van der Waals surface area contributed by atoms with Crippen molar-refractivity contribution in [2.75, 3.05) is 13.1 Å². The molecule has 19 heavy (non-hydrogen) atoms. The number of nitrogens with zero attached hydrogens (tertiary/aromatic N) is 1. The molecule has 1 aromatic rings. The molecule has 2 atom stereocenters. The number of carbonyl (C=O) groups is 1. The van der Waals surface area contributed by atoms with Gasteiger partial charge in [-0.2, -0.15) is 0 Å². The molecule has 2 heterocycles. The van der Waals surface area contributed by atoms with E-state index < -0.39 is 0 Å². The van der Waals surface area contributed by atoms with Crippen LogP contribution in [0.25, 0.3) is 0 Å². The minimum Gasteiger partial charge on any atom is -0.469 e. The molecule has 1 fully saturated rings. The average Bonchev–Trinajstić information content (AvgIpc) is 3.09. The SMILES string of the molecule is CC(NC1CCCc2occc21)C(=O)N1CCCC1. The number of carbonyl (C=O) groups excluding carboxylic acids is 1. The topological polar surface area (TPSA) is 45.5 Å². The highest BCUT2D eigenvalue weighted by Gasteiger charge is 2.28. The van der Waals surface area contributed by atoms with Crippen LogP contribution in [-0.2, 0) is 11.2 Å². The van der Waals surface area contributed by atoms with Crippen molar-refractivity contribution in [1.82, 2.24) is 10.2 Å². The molecule has 4 heteroatoms. The Morgan fingerprint density at radius 2 is 2.21 bits per heavy atom. The first-order chi connectivity index (χ1) is 9.25. The number of likely N-dealkylation sites (tertiary alicyclic amines) is 1. The van der Waals surface area contributed by atoms with Gasteiger partial charge in [-0.3, -0.25) is 10.1 Å². The van der Waals surface area contributed by atoms with E-state index in [2.05, 4.69) is 5.32 Å². The fourth-order valence-electron chi connectivity index (χ4n) is 3.24. The number of hydrogen-bond donors (Lipinski definition) is 1. The molecule has 1 aliphatic heterocycles. The smallest absolute Gasteiger partial charge is 0.239 e. The quantitative estimate of drug-likeness (QED) is 0.908. The Labute approximate surface area is 114 Å². The van der Waals surface area contributed by atoms with Gasteiger partial charge < -0.3 is 9.32 Å². The van der Waals surface area contributed by atoms with Gasteiger partial charge in [0.05, 0.1) is 12.3 Å². The fourth-order valence-corrected chi connectivity index (χ4v) is 3.24. The van der Waals surface area contributed by atoms with Gasteiger partial charge in [0.2, 0.25) is 5.91 Å². The van der Waals surface area contributed by atoms with Gasteiger partial charge in [-0.15, -0.1) is 0 Å². The summed E-state index contributed by atoms with van der Waals surface area (Å²) in [4.78, 5) is 14.3. The van der Waals surface area contributed by atoms with E-state index in [0.717, 1.165) is 51.0 Å². The Balaban J connectivity index is 1.64. The molecule has 1 saturated heterocycles. The third-order valence-corrected chi connectivity index (χ3v) is 4.29. The summed E-state index contributed by atoms with van der Waals surface area (Å²) in [6.07, 6.45) is 7.29. The Bertz CT molecular complexity index is 449. The molecular weight excluding hydrogens is 240 g/mol. The molecule has 1 N–H and O–H groups in total. The Morgan fingerprint density at radius 1 is 1.42 bits per heavy atom. The van der Waals surface area contributed by atoms with Crippen molar-refractivity contribution in [3.63, 3.8) is 0 Å². The van der Waals surface area contributed by atoms with Gasteiger partial charge in [-0.25, -0.2) is 0 Å². The summed E-state index contributed by atoms with van der Waals surface area (Å²) >= 11 is 0. The largest absolute Gasteiger partial charge is 0.469 e. The molecule has 1 aliphatic carbocycles. The monoisotopic (exact) mass is 262 g/mol. The van der Waals surface area contributed by atoms with E-state index >= 15 is 0 Å². The van der Waals surface area contributed by atoms with Crippen LogP contribution in [0.3, 0.4) is 0 Å². The highest BCUT2D eigenvalue weighted by molar-refractivity contribution is 5.81. The van der Waals surface area contributed by atoms with Crippen LogP contribution in [0, 0.1) is 0 Å². The molecule has 0 spiro atoms. The summed E-state index contributed by atoms with van der Waals surface area (Å²) in [5.41, 5.74) is 1.24. The summed E-state index contributed by atoms with van der Waals surface area (Å²) in [5.74, 6) is 1.33. The normalized spacial score (nSPS) is 24.3. The van der Waals surface area contributed by atoms with Gasteiger partial charge in [0.1, 0.15) is 5.76 Å². The van der Waals surface area contributed by atoms with Gasteiger partial charge in [0, 0.05) is 31.1 Å². The second-order valence-electron chi connectivity index (χ2n) is 5.66. The van der Waals surface area contributed by atoms with Crippen molar-refractivity contribution in [3.8, 4) is 0 Å². The minimum absolute atomic E-state index is 0.107. The molecule has 0 bridgehead atoms. The molecule has 0 saturated carbocycles. The van der Waals surface area contributed by atoms with Crippen molar-refractivity contribution < 1.29 is 9.21 Å². The maximum absolute atomic E-state index is 12.3. The van der Waals surface area contributed by atoms with Gasteiger partial charge in [-0.1, -0.05) is 0 Å². The van der Waals surface area contributed by atoms with Crippen LogP contribution in [0.15, 0.2) is 16.7 Å². The van der Waals surface area contributed by atoms with Crippen LogP contribution < -0.4 is 5.32 Å². The summed E-state index contributed by atoms with van der Waals surface area (Å²) in [6.45, 7) is 3.83. The first-order valence-corrected chi connectivity index (χ1v) is 7.37. The highest BCUT2D eigenvalue weighted by Crippen LogP contribution is 2.30. The van der Waals surface area contributed by atoms with E-state index in [4.69, 9.17) is 4.42 Å². The first kappa shape index (κ1) is 12.7. The lowest BCUT2D eigenvalue weighted by Gasteiger charge is -2.28. The molecule has 4 nitrogen and oxygen atoms in total. The molecule has 1 amide bonds. The standard InChI is InChI=1S/C15H22N2O2/c1-11(15(18)17-8-2-3-9-17)16-13-5-4-6-14-12(13)7-10-19-14/h7,10-11,13,16H,2-6,8-9H2,1H3. The maximum Gasteiger partial charge on any atom is 0.239 e. The number of aryl methyl sites for hydroxylation is 1. The number of amides is 1. The molecule has 0 radical (unpaired) electrons. The zero-order valence-corrected chi connectivity index (χ0v) is 11.5. The lowest BCUT2D eigenvalue weighted by Crippen LogP contribution is -2.45. The lowest BCUT2D eigenvalue weighted by atomic mass is 9.93. The molecule has 1 aromatic heterocycles. The molecule has 104 valence electrons. The van der Waals surface area contributed by atoms with E-state index in [1.54, 1.807) is 6.26 Å². The summed E-state index contributed by atoms with van der Waals surface area (Å²) in [5, 5.41) is 3.49. The third kappa shape index (κ3) is 2.54. The van der Waals surface area contributed by atoms with Crippen molar-refractivity contribution in [2.45, 2.75) is 51.1 Å². The summed E-state index contributed by atoms with van der Waals surface area (Å²) in [6, 6.07) is 2.20. The van der Waals surface area contributed by atoms with Crippen LogP contribution in [0.4, 0.5) is 0 Å². The van der Waals surface area contributed by atoms with Crippen molar-refractivity contribution in [3.05, 3.63) is 23.7 Å². The Hall–Kier alpha value is -1.29. The summed E-state index contributed by atoms with van der Waals surface area (Å²) < 4.78 is 5.49. The van der Waals surface area contributed by atoms with Gasteiger partial charge in [0.25, 0.3) is 0 Å². The zero-order valence-electron chi connectivity index (χ0n) is 11.5. The minimum atomic E-state index is -0.107. The van der Waals surface area contributed by atoms with Crippen LogP contribution in [-0.4, -0.2) is 29.9 Å². The lowest BCUT2D eigenvalue weighted by molar-refractivity contribution is -0.132. The predicted octanol–water partition coefficient (Wildman–Crippen LogP) is 2.26. The number of fused-ring (bicyclic) bond motifs is 1. The van der Waals surface area contributed by atoms with Crippen molar-refractivity contribution in [1.29, 1.82) is 0 Å². The molecule has 2 unspecified atom stereocenters. The van der Waals surface area contributed by atoms with Crippen LogP contribution >= 0.6 is 0 Å². The van der Waals surface area contributed by atoms with Crippen LogP contribution in [0.5, 0.6) is 0 Å². The maximum atomic E-state index is 12.3. The average molecular weight is 262 g/mol. The molecule has 0 aromatic carbocycles. The molecule has 2 aliphatic rings. The third-order valence-electron chi connectivity index (χ3n) is 4.29. The Morgan fingerprint density at radius 3 is 3.00 bits per heavy atom. The van der Waals surface area contributed by atoms with Crippen LogP contribution in [0.1, 0.15) is 50.0 Å².